The summed E-state index contributed by atoms with van der Waals surface area (Å²) in [5.74, 6) is 1.66. The average molecular weight is 344 g/mol. The van der Waals surface area contributed by atoms with Gasteiger partial charge in [-0.15, -0.1) is 0 Å². The molecule has 0 aromatic heterocycles. The van der Waals surface area contributed by atoms with Gasteiger partial charge < -0.3 is 20.1 Å². The zero-order chi connectivity index (χ0) is 17.4. The fourth-order valence-corrected chi connectivity index (χ4v) is 2.60. The van der Waals surface area contributed by atoms with Gasteiger partial charge in [-0.2, -0.15) is 0 Å². The molecule has 0 spiro atoms. The molecule has 5 heteroatoms. The Bertz CT molecular complexity index is 659. The number of para-hydroxylation sites is 2. The van der Waals surface area contributed by atoms with E-state index in [-0.39, 0.29) is 6.04 Å². The smallest absolute Gasteiger partial charge is 0.171 e. The first kappa shape index (κ1) is 18.1. The van der Waals surface area contributed by atoms with Crippen molar-refractivity contribution in [1.29, 1.82) is 0 Å². The molecular weight excluding hydrogens is 320 g/mol. The number of rotatable bonds is 7. The van der Waals surface area contributed by atoms with Gasteiger partial charge in [-0.1, -0.05) is 24.3 Å². The minimum atomic E-state index is 0.0833. The monoisotopic (exact) mass is 344 g/mol. The van der Waals surface area contributed by atoms with Gasteiger partial charge in [-0.05, 0) is 62.8 Å². The van der Waals surface area contributed by atoms with Gasteiger partial charge in [-0.25, -0.2) is 0 Å². The Morgan fingerprint density at radius 2 is 1.67 bits per heavy atom. The van der Waals surface area contributed by atoms with E-state index in [0.717, 1.165) is 22.7 Å². The largest absolute Gasteiger partial charge is 0.494 e. The molecule has 0 heterocycles. The van der Waals surface area contributed by atoms with Crippen LogP contribution in [-0.4, -0.2) is 18.3 Å². The summed E-state index contributed by atoms with van der Waals surface area (Å²) >= 11 is 5.42. The Labute approximate surface area is 149 Å². The fourth-order valence-electron chi connectivity index (χ4n) is 2.31. The van der Waals surface area contributed by atoms with Gasteiger partial charge in [0.25, 0.3) is 0 Å². The van der Waals surface area contributed by atoms with E-state index in [0.29, 0.717) is 18.3 Å². The second kappa shape index (κ2) is 9.13. The molecule has 0 bridgehead atoms. The normalized spacial score (nSPS) is 11.5. The number of anilines is 1. The summed E-state index contributed by atoms with van der Waals surface area (Å²) in [6.07, 6.45) is 0. The van der Waals surface area contributed by atoms with Crippen molar-refractivity contribution in [3.05, 3.63) is 54.1 Å². The van der Waals surface area contributed by atoms with Crippen LogP contribution < -0.4 is 20.1 Å². The second-order valence-corrected chi connectivity index (χ2v) is 5.66. The molecule has 1 atom stereocenters. The quantitative estimate of drug-likeness (QED) is 0.722. The van der Waals surface area contributed by atoms with E-state index in [4.69, 9.17) is 21.7 Å². The lowest BCUT2D eigenvalue weighted by atomic mass is 10.1. The van der Waals surface area contributed by atoms with Gasteiger partial charge in [0.05, 0.1) is 24.9 Å². The van der Waals surface area contributed by atoms with Gasteiger partial charge >= 0.3 is 0 Å². The van der Waals surface area contributed by atoms with E-state index in [1.807, 2.05) is 62.4 Å². The average Bonchev–Trinajstić information content (AvgIpc) is 2.58. The number of hydrogen-bond acceptors (Lipinski definition) is 3. The van der Waals surface area contributed by atoms with Crippen LogP contribution in [0.5, 0.6) is 11.5 Å². The van der Waals surface area contributed by atoms with Crippen LogP contribution in [0.4, 0.5) is 5.69 Å². The summed E-state index contributed by atoms with van der Waals surface area (Å²) in [5.41, 5.74) is 2.00. The minimum Gasteiger partial charge on any atom is -0.494 e. The zero-order valence-electron chi connectivity index (χ0n) is 14.3. The Morgan fingerprint density at radius 1 is 1.00 bits per heavy atom. The molecule has 0 amide bonds. The fraction of sp³-hybridized carbons (Fsp3) is 0.316. The first-order valence-electron chi connectivity index (χ1n) is 8.16. The molecule has 0 aliphatic heterocycles. The van der Waals surface area contributed by atoms with Crippen molar-refractivity contribution in [1.82, 2.24) is 5.32 Å². The molecule has 2 aromatic rings. The SMILES string of the molecule is CCOc1ccc(C(C)NC(=S)Nc2ccccc2OCC)cc1. The van der Waals surface area contributed by atoms with Gasteiger partial charge in [0.1, 0.15) is 11.5 Å². The first-order chi connectivity index (χ1) is 11.6. The summed E-state index contributed by atoms with van der Waals surface area (Å²) in [5, 5.41) is 7.05. The molecule has 0 saturated heterocycles. The van der Waals surface area contributed by atoms with E-state index in [2.05, 4.69) is 17.6 Å². The van der Waals surface area contributed by atoms with Crippen molar-refractivity contribution in [3.63, 3.8) is 0 Å². The maximum absolute atomic E-state index is 5.60. The molecule has 0 saturated carbocycles. The lowest BCUT2D eigenvalue weighted by molar-refractivity contribution is 0.340. The summed E-state index contributed by atoms with van der Waals surface area (Å²) in [6.45, 7) is 7.28. The molecule has 4 nitrogen and oxygen atoms in total. The molecule has 24 heavy (non-hydrogen) atoms. The third-order valence-corrected chi connectivity index (χ3v) is 3.69. The molecule has 2 N–H and O–H groups in total. The number of benzene rings is 2. The van der Waals surface area contributed by atoms with Crippen LogP contribution in [0.2, 0.25) is 0 Å². The van der Waals surface area contributed by atoms with Crippen LogP contribution in [0.3, 0.4) is 0 Å². The molecular formula is C19H24N2O2S. The van der Waals surface area contributed by atoms with Crippen molar-refractivity contribution < 1.29 is 9.47 Å². The second-order valence-electron chi connectivity index (χ2n) is 5.25. The van der Waals surface area contributed by atoms with E-state index >= 15 is 0 Å². The molecule has 2 rings (SSSR count). The maximum Gasteiger partial charge on any atom is 0.171 e. The third-order valence-electron chi connectivity index (χ3n) is 3.47. The summed E-state index contributed by atoms with van der Waals surface area (Å²) < 4.78 is 11.1. The Morgan fingerprint density at radius 3 is 2.33 bits per heavy atom. The van der Waals surface area contributed by atoms with E-state index in [1.165, 1.54) is 0 Å². The highest BCUT2D eigenvalue weighted by Gasteiger charge is 2.09. The lowest BCUT2D eigenvalue weighted by Gasteiger charge is -2.19. The number of hydrogen-bond donors (Lipinski definition) is 2. The molecule has 0 aliphatic carbocycles. The van der Waals surface area contributed by atoms with Gasteiger partial charge in [0.15, 0.2) is 5.11 Å². The van der Waals surface area contributed by atoms with Crippen LogP contribution in [-0.2, 0) is 0 Å². The molecule has 128 valence electrons. The highest BCUT2D eigenvalue weighted by Crippen LogP contribution is 2.24. The summed E-state index contributed by atoms with van der Waals surface area (Å²) in [6, 6.07) is 15.9. The summed E-state index contributed by atoms with van der Waals surface area (Å²) in [7, 11) is 0. The third kappa shape index (κ3) is 5.13. The number of ether oxygens (including phenoxy) is 2. The van der Waals surface area contributed by atoms with Crippen LogP contribution in [0.15, 0.2) is 48.5 Å². The number of thiocarbonyl (C=S) groups is 1. The van der Waals surface area contributed by atoms with Crippen molar-refractivity contribution in [2.75, 3.05) is 18.5 Å². The first-order valence-corrected chi connectivity index (χ1v) is 8.57. The molecule has 0 radical (unpaired) electrons. The topological polar surface area (TPSA) is 42.5 Å². The van der Waals surface area contributed by atoms with Crippen molar-refractivity contribution in [2.45, 2.75) is 26.8 Å². The predicted octanol–water partition coefficient (Wildman–Crippen LogP) is 4.53. The van der Waals surface area contributed by atoms with Crippen LogP contribution in [0.25, 0.3) is 0 Å². The van der Waals surface area contributed by atoms with Gasteiger partial charge in [0, 0.05) is 0 Å². The lowest BCUT2D eigenvalue weighted by Crippen LogP contribution is -2.31. The Kier molecular flexibility index (Phi) is 6.88. The molecule has 0 aliphatic rings. The molecule has 1 unspecified atom stereocenters. The van der Waals surface area contributed by atoms with Crippen molar-refractivity contribution >= 4 is 23.0 Å². The van der Waals surface area contributed by atoms with E-state index < -0.39 is 0 Å². The van der Waals surface area contributed by atoms with Gasteiger partial charge in [-0.3, -0.25) is 0 Å². The predicted molar refractivity (Wildman–Crippen MR) is 103 cm³/mol. The highest BCUT2D eigenvalue weighted by molar-refractivity contribution is 7.80. The summed E-state index contributed by atoms with van der Waals surface area (Å²) in [4.78, 5) is 0. The van der Waals surface area contributed by atoms with Crippen LogP contribution in [0, 0.1) is 0 Å². The highest BCUT2D eigenvalue weighted by atomic mass is 32.1. The maximum atomic E-state index is 5.60. The standard InChI is InChI=1S/C19H24N2O2S/c1-4-22-16-12-10-15(11-13-16)14(3)20-19(24)21-17-8-6-7-9-18(17)23-5-2/h6-14H,4-5H2,1-3H3,(H2,20,21,24). The molecule has 2 aromatic carbocycles. The Balaban J connectivity index is 1.96. The van der Waals surface area contributed by atoms with Crippen LogP contribution in [0.1, 0.15) is 32.4 Å². The van der Waals surface area contributed by atoms with E-state index in [9.17, 15) is 0 Å². The number of nitrogens with one attached hydrogen (secondary N) is 2. The minimum absolute atomic E-state index is 0.0833. The van der Waals surface area contributed by atoms with Crippen molar-refractivity contribution in [3.8, 4) is 11.5 Å². The van der Waals surface area contributed by atoms with Gasteiger partial charge in [0.2, 0.25) is 0 Å². The van der Waals surface area contributed by atoms with Crippen LogP contribution >= 0.6 is 12.2 Å². The van der Waals surface area contributed by atoms with E-state index in [1.54, 1.807) is 0 Å². The Hall–Kier alpha value is -2.27. The van der Waals surface area contributed by atoms with Crippen molar-refractivity contribution in [2.24, 2.45) is 0 Å². The zero-order valence-corrected chi connectivity index (χ0v) is 15.2. The molecule has 0 fully saturated rings.